The summed E-state index contributed by atoms with van der Waals surface area (Å²) in [4.78, 5) is 14.3. The van der Waals surface area contributed by atoms with E-state index in [2.05, 4.69) is 15.7 Å². The summed E-state index contributed by atoms with van der Waals surface area (Å²) in [5.41, 5.74) is 1.81. The van der Waals surface area contributed by atoms with Crippen LogP contribution in [0.1, 0.15) is 24.0 Å². The number of urea groups is 1. The Hall–Kier alpha value is -3.60. The largest absolute Gasteiger partial charge is 0.477 e. The van der Waals surface area contributed by atoms with Gasteiger partial charge in [0.05, 0.1) is 30.4 Å². The number of nitrogens with one attached hydrogen (secondary N) is 2. The molecule has 1 aliphatic heterocycles. The fourth-order valence-electron chi connectivity index (χ4n) is 4.45. The van der Waals surface area contributed by atoms with Crippen molar-refractivity contribution in [3.8, 4) is 11.6 Å². The highest BCUT2D eigenvalue weighted by atomic mass is 19.4. The Kier molecular flexibility index (Phi) is 7.48. The average molecular weight is 506 g/mol. The lowest BCUT2D eigenvalue weighted by Crippen LogP contribution is -2.43. The van der Waals surface area contributed by atoms with Crippen molar-refractivity contribution in [2.45, 2.75) is 32.0 Å². The highest BCUT2D eigenvalue weighted by molar-refractivity contribution is 5.90. The van der Waals surface area contributed by atoms with E-state index in [9.17, 15) is 22.4 Å². The molecule has 7 nitrogen and oxygen atoms in total. The molecule has 4 rings (SSSR count). The predicted octanol–water partition coefficient (Wildman–Crippen LogP) is 4.87. The molecule has 1 aromatic heterocycles. The number of nitrogens with zero attached hydrogens (tertiary/aromatic N) is 3. The quantitative estimate of drug-likeness (QED) is 0.450. The third-order valence-electron chi connectivity index (χ3n) is 5.98. The molecule has 192 valence electrons. The second-order valence-corrected chi connectivity index (χ2v) is 8.63. The number of amides is 2. The van der Waals surface area contributed by atoms with Crippen LogP contribution in [0.5, 0.6) is 5.88 Å². The maximum atomic E-state index is 13.9. The number of carbonyl (C=O) groups is 1. The minimum Gasteiger partial charge on any atom is -0.477 e. The fraction of sp³-hybridized carbons (Fsp3) is 0.360. The number of hydrogen-bond acceptors (Lipinski definition) is 4. The van der Waals surface area contributed by atoms with Gasteiger partial charge in [-0.15, -0.1) is 5.10 Å². The summed E-state index contributed by atoms with van der Waals surface area (Å²) >= 11 is 0. The molecule has 2 aromatic carbocycles. The van der Waals surface area contributed by atoms with Gasteiger partial charge in [-0.05, 0) is 43.7 Å². The van der Waals surface area contributed by atoms with Crippen molar-refractivity contribution >= 4 is 11.8 Å². The zero-order chi connectivity index (χ0) is 25.9. The van der Waals surface area contributed by atoms with E-state index >= 15 is 0 Å². The van der Waals surface area contributed by atoms with Crippen molar-refractivity contribution in [3.05, 3.63) is 71.5 Å². The van der Waals surface area contributed by atoms with Crippen LogP contribution in [0.25, 0.3) is 5.69 Å². The molecule has 11 heteroatoms. The number of anilines is 1. The van der Waals surface area contributed by atoms with Crippen LogP contribution >= 0.6 is 0 Å². The van der Waals surface area contributed by atoms with Crippen molar-refractivity contribution in [2.24, 2.45) is 0 Å². The molecule has 2 atom stereocenters. The molecule has 0 spiro atoms. The minimum atomic E-state index is -4.39. The molecule has 0 radical (unpaired) electrons. The summed E-state index contributed by atoms with van der Waals surface area (Å²) in [5, 5.41) is 10.0. The second-order valence-electron chi connectivity index (χ2n) is 8.63. The van der Waals surface area contributed by atoms with E-state index in [1.54, 1.807) is 13.0 Å². The number of likely N-dealkylation sites (tertiary alicyclic amines) is 1. The molecule has 2 heterocycles. The van der Waals surface area contributed by atoms with Gasteiger partial charge < -0.3 is 10.1 Å². The smallest absolute Gasteiger partial charge is 0.401 e. The Morgan fingerprint density at radius 2 is 1.89 bits per heavy atom. The van der Waals surface area contributed by atoms with Gasteiger partial charge in [0.2, 0.25) is 5.88 Å². The van der Waals surface area contributed by atoms with E-state index < -0.39 is 36.5 Å². The molecule has 0 aliphatic carbocycles. The molecule has 1 aliphatic rings. The molecule has 1 unspecified atom stereocenters. The molecule has 1 saturated heterocycles. The van der Waals surface area contributed by atoms with E-state index in [4.69, 9.17) is 4.74 Å². The number of aromatic nitrogens is 2. The molecule has 3 aromatic rings. The van der Waals surface area contributed by atoms with Gasteiger partial charge in [-0.3, -0.25) is 10.2 Å². The maximum Gasteiger partial charge on any atom is 0.401 e. The van der Waals surface area contributed by atoms with Gasteiger partial charge >= 0.3 is 12.2 Å². The third kappa shape index (κ3) is 5.96. The molecular weight excluding hydrogens is 478 g/mol. The first-order valence-corrected chi connectivity index (χ1v) is 11.5. The molecular formula is C25H27F4N5O2. The van der Waals surface area contributed by atoms with Gasteiger partial charge in [0.25, 0.3) is 0 Å². The highest BCUT2D eigenvalue weighted by Gasteiger charge is 2.40. The van der Waals surface area contributed by atoms with E-state index in [1.165, 1.54) is 27.8 Å². The van der Waals surface area contributed by atoms with Crippen LogP contribution in [0.2, 0.25) is 0 Å². The molecule has 0 saturated carbocycles. The van der Waals surface area contributed by atoms with Gasteiger partial charge in [0, 0.05) is 19.0 Å². The topological polar surface area (TPSA) is 71.4 Å². The minimum absolute atomic E-state index is 0.0311. The lowest BCUT2D eigenvalue weighted by molar-refractivity contribution is -0.143. The zero-order valence-electron chi connectivity index (χ0n) is 19.8. The number of carbonyl (C=O) groups excluding carboxylic acids is 1. The second kappa shape index (κ2) is 10.6. The third-order valence-corrected chi connectivity index (χ3v) is 5.98. The normalized spacial score (nSPS) is 18.3. The summed E-state index contributed by atoms with van der Waals surface area (Å²) in [5.74, 6) is -0.287. The van der Waals surface area contributed by atoms with E-state index in [-0.39, 0.29) is 13.1 Å². The average Bonchev–Trinajstić information content (AvgIpc) is 3.34. The Balaban J connectivity index is 1.57. The first-order chi connectivity index (χ1) is 17.1. The Morgan fingerprint density at radius 3 is 2.56 bits per heavy atom. The van der Waals surface area contributed by atoms with Crippen molar-refractivity contribution in [3.63, 3.8) is 0 Å². The van der Waals surface area contributed by atoms with Crippen LogP contribution in [-0.4, -0.2) is 59.2 Å². The molecule has 2 N–H and O–H groups in total. The number of benzene rings is 2. The van der Waals surface area contributed by atoms with Crippen molar-refractivity contribution < 1.29 is 27.1 Å². The van der Waals surface area contributed by atoms with Crippen LogP contribution in [-0.2, 0) is 0 Å². The van der Waals surface area contributed by atoms with Crippen molar-refractivity contribution in [2.75, 3.05) is 31.6 Å². The number of halogens is 4. The van der Waals surface area contributed by atoms with Gasteiger partial charge in [-0.1, -0.05) is 30.3 Å². The van der Waals surface area contributed by atoms with Gasteiger partial charge in [-0.25, -0.2) is 13.9 Å². The van der Waals surface area contributed by atoms with E-state index in [0.717, 1.165) is 0 Å². The Morgan fingerprint density at radius 1 is 1.14 bits per heavy atom. The van der Waals surface area contributed by atoms with Gasteiger partial charge in [-0.2, -0.15) is 13.2 Å². The Bertz CT molecular complexity index is 1200. The number of rotatable bonds is 7. The highest BCUT2D eigenvalue weighted by Crippen LogP contribution is 2.32. The lowest BCUT2D eigenvalue weighted by Gasteiger charge is -2.21. The summed E-state index contributed by atoms with van der Waals surface area (Å²) in [6, 6.07) is 13.6. The first kappa shape index (κ1) is 25.5. The van der Waals surface area contributed by atoms with Crippen LogP contribution < -0.4 is 15.4 Å². The summed E-state index contributed by atoms with van der Waals surface area (Å²) in [6.07, 6.45) is -4.39. The fourth-order valence-corrected chi connectivity index (χ4v) is 4.45. The van der Waals surface area contributed by atoms with Crippen molar-refractivity contribution in [1.82, 2.24) is 20.0 Å². The standard InChI is InChI=1S/C25H27F4N5O2/c1-3-36-23-16(2)22(34(32-23)19-10-5-4-6-11-19)31-24(35)30-21-14-33(15-25(27,28)29)13-20(21)17-8-7-9-18(26)12-17/h4-12,20-21H,3,13-15H2,1-2H3,(H2,30,31,35)/t20?,21-/m1/s1. The van der Waals surface area contributed by atoms with Crippen LogP contribution in [0.4, 0.5) is 28.2 Å². The first-order valence-electron chi connectivity index (χ1n) is 11.5. The predicted molar refractivity (Wildman–Crippen MR) is 127 cm³/mol. The van der Waals surface area contributed by atoms with Crippen molar-refractivity contribution in [1.29, 1.82) is 0 Å². The molecule has 2 amide bonds. The van der Waals surface area contributed by atoms with E-state index in [0.29, 0.717) is 35.1 Å². The molecule has 36 heavy (non-hydrogen) atoms. The van der Waals surface area contributed by atoms with Crippen LogP contribution in [0, 0.1) is 12.7 Å². The SMILES string of the molecule is CCOc1nn(-c2ccccc2)c(NC(=O)N[C@@H]2CN(CC(F)(F)F)CC2c2cccc(F)c2)c1C. The monoisotopic (exact) mass is 505 g/mol. The van der Waals surface area contributed by atoms with Gasteiger partial charge in [0.15, 0.2) is 0 Å². The number of hydrogen-bond donors (Lipinski definition) is 2. The van der Waals surface area contributed by atoms with Gasteiger partial charge in [0.1, 0.15) is 11.6 Å². The molecule has 0 bridgehead atoms. The van der Waals surface area contributed by atoms with Crippen LogP contribution in [0.3, 0.4) is 0 Å². The van der Waals surface area contributed by atoms with Crippen LogP contribution in [0.15, 0.2) is 54.6 Å². The summed E-state index contributed by atoms with van der Waals surface area (Å²) < 4.78 is 60.2. The number of ether oxygens (including phenoxy) is 1. The summed E-state index contributed by atoms with van der Waals surface area (Å²) in [7, 11) is 0. The lowest BCUT2D eigenvalue weighted by atomic mass is 9.94. The number of alkyl halides is 3. The molecule has 1 fully saturated rings. The number of para-hydroxylation sites is 1. The van der Waals surface area contributed by atoms with E-state index in [1.807, 2.05) is 37.3 Å². The Labute approximate surface area is 206 Å². The summed E-state index contributed by atoms with van der Waals surface area (Å²) in [6.45, 7) is 2.84. The maximum absolute atomic E-state index is 13.9. The zero-order valence-corrected chi connectivity index (χ0v) is 19.8.